The Bertz CT molecular complexity index is 984. The summed E-state index contributed by atoms with van der Waals surface area (Å²) in [4.78, 5) is 4.56. The molecular weight excluding hydrogens is 418 g/mol. The van der Waals surface area contributed by atoms with Gasteiger partial charge in [0, 0.05) is 44.6 Å². The summed E-state index contributed by atoms with van der Waals surface area (Å²) in [6.45, 7) is 3.52. The number of hydrogen-bond acceptors (Lipinski definition) is 6. The summed E-state index contributed by atoms with van der Waals surface area (Å²) in [5, 5.41) is 6.46. The Morgan fingerprint density at radius 2 is 1.65 bits per heavy atom. The van der Waals surface area contributed by atoms with Gasteiger partial charge in [-0.25, -0.2) is 8.42 Å². The highest BCUT2D eigenvalue weighted by Crippen LogP contribution is 2.27. The van der Waals surface area contributed by atoms with Crippen molar-refractivity contribution < 1.29 is 22.6 Å². The van der Waals surface area contributed by atoms with Gasteiger partial charge in [-0.3, -0.25) is 4.99 Å². The van der Waals surface area contributed by atoms with E-state index in [4.69, 9.17) is 14.2 Å². The van der Waals surface area contributed by atoms with Crippen LogP contribution < -0.4 is 24.8 Å². The molecule has 170 valence electrons. The zero-order valence-electron chi connectivity index (χ0n) is 18.7. The predicted molar refractivity (Wildman–Crippen MR) is 122 cm³/mol. The predicted octanol–water partition coefficient (Wildman–Crippen LogP) is 2.55. The molecule has 8 nitrogen and oxygen atoms in total. The maximum atomic E-state index is 11.7. The van der Waals surface area contributed by atoms with E-state index in [1.165, 1.54) is 6.26 Å². The summed E-state index contributed by atoms with van der Waals surface area (Å²) < 4.78 is 39.7. The minimum Gasteiger partial charge on any atom is -0.496 e. The number of aryl methyl sites for hydroxylation is 1. The topological polar surface area (TPSA) is 98.2 Å². The molecule has 2 aromatic carbocycles. The summed E-state index contributed by atoms with van der Waals surface area (Å²) in [5.74, 6) is 2.70. The van der Waals surface area contributed by atoms with Crippen LogP contribution in [0.5, 0.6) is 17.2 Å². The van der Waals surface area contributed by atoms with Crippen LogP contribution in [-0.4, -0.2) is 55.1 Å². The largest absolute Gasteiger partial charge is 0.496 e. The first-order valence-corrected chi connectivity index (χ1v) is 11.8. The Labute approximate surface area is 184 Å². The van der Waals surface area contributed by atoms with E-state index in [1.807, 2.05) is 18.2 Å². The Hall–Kier alpha value is -2.94. The average Bonchev–Trinajstić information content (AvgIpc) is 2.74. The third kappa shape index (κ3) is 7.67. The fourth-order valence-electron chi connectivity index (χ4n) is 2.98. The molecule has 9 heteroatoms. The van der Waals surface area contributed by atoms with E-state index < -0.39 is 9.84 Å². The summed E-state index contributed by atoms with van der Waals surface area (Å²) >= 11 is 0. The van der Waals surface area contributed by atoms with Crippen LogP contribution >= 0.6 is 0 Å². The number of hydrogen-bond donors (Lipinski definition) is 2. The van der Waals surface area contributed by atoms with E-state index in [0.717, 1.165) is 17.5 Å². The van der Waals surface area contributed by atoms with E-state index in [2.05, 4.69) is 15.6 Å². The number of nitrogens with zero attached hydrogens (tertiary/aromatic N) is 1. The fraction of sp³-hybridized carbons (Fsp3) is 0.409. The molecule has 0 heterocycles. The van der Waals surface area contributed by atoms with E-state index in [0.29, 0.717) is 47.8 Å². The van der Waals surface area contributed by atoms with Crippen LogP contribution in [0.15, 0.2) is 46.3 Å². The maximum Gasteiger partial charge on any atom is 0.191 e. The van der Waals surface area contributed by atoms with Crippen LogP contribution in [0, 0.1) is 6.92 Å². The van der Waals surface area contributed by atoms with Crippen molar-refractivity contribution in [2.75, 3.05) is 40.7 Å². The lowest BCUT2D eigenvalue weighted by atomic mass is 10.1. The lowest BCUT2D eigenvalue weighted by Gasteiger charge is -2.14. The van der Waals surface area contributed by atoms with Gasteiger partial charge in [-0.05, 0) is 30.5 Å². The molecule has 31 heavy (non-hydrogen) atoms. The van der Waals surface area contributed by atoms with E-state index in [-0.39, 0.29) is 0 Å². The monoisotopic (exact) mass is 449 g/mol. The first kappa shape index (κ1) is 24.3. The van der Waals surface area contributed by atoms with Crippen molar-refractivity contribution in [2.24, 2.45) is 4.99 Å². The van der Waals surface area contributed by atoms with Gasteiger partial charge in [0.05, 0.1) is 25.7 Å². The average molecular weight is 450 g/mol. The Morgan fingerprint density at radius 1 is 1.00 bits per heavy atom. The van der Waals surface area contributed by atoms with Crippen LogP contribution in [0.4, 0.5) is 0 Å². The molecule has 0 saturated heterocycles. The van der Waals surface area contributed by atoms with Crippen LogP contribution in [0.1, 0.15) is 17.5 Å². The molecule has 0 spiro atoms. The second-order valence-electron chi connectivity index (χ2n) is 6.97. The van der Waals surface area contributed by atoms with Crippen molar-refractivity contribution in [3.05, 3.63) is 47.5 Å². The van der Waals surface area contributed by atoms with Crippen molar-refractivity contribution in [3.63, 3.8) is 0 Å². The third-order valence-electron chi connectivity index (χ3n) is 4.53. The Balaban J connectivity index is 1.77. The van der Waals surface area contributed by atoms with Crippen LogP contribution in [-0.2, 0) is 16.4 Å². The van der Waals surface area contributed by atoms with Gasteiger partial charge in [0.25, 0.3) is 0 Å². The molecular formula is C22H31N3O5S. The minimum atomic E-state index is -3.21. The summed E-state index contributed by atoms with van der Waals surface area (Å²) in [5.41, 5.74) is 1.71. The van der Waals surface area contributed by atoms with Gasteiger partial charge < -0.3 is 24.8 Å². The molecule has 0 amide bonds. The van der Waals surface area contributed by atoms with Crippen LogP contribution in [0.25, 0.3) is 0 Å². The van der Waals surface area contributed by atoms with Crippen molar-refractivity contribution in [1.82, 2.24) is 10.6 Å². The number of sulfone groups is 1. The second kappa shape index (κ2) is 11.5. The number of benzene rings is 2. The highest BCUT2D eigenvalue weighted by molar-refractivity contribution is 7.90. The van der Waals surface area contributed by atoms with Crippen molar-refractivity contribution >= 4 is 15.8 Å². The molecule has 0 radical (unpaired) electrons. The zero-order chi connectivity index (χ0) is 22.9. The van der Waals surface area contributed by atoms with E-state index >= 15 is 0 Å². The first-order chi connectivity index (χ1) is 14.8. The SMILES string of the molecule is CN=C(NCCCOc1cc(OC)cc(OC)c1)NCc1ccc(S(C)(=O)=O)c(C)c1. The van der Waals surface area contributed by atoms with Gasteiger partial charge in [0.2, 0.25) is 0 Å². The quantitative estimate of drug-likeness (QED) is 0.327. The molecule has 2 rings (SSSR count). The second-order valence-corrected chi connectivity index (χ2v) is 8.96. The van der Waals surface area contributed by atoms with Gasteiger partial charge in [-0.2, -0.15) is 0 Å². The number of aliphatic imine (C=N–C) groups is 1. The molecule has 0 aliphatic heterocycles. The highest BCUT2D eigenvalue weighted by Gasteiger charge is 2.11. The normalized spacial score (nSPS) is 11.7. The van der Waals surface area contributed by atoms with Gasteiger partial charge in [-0.1, -0.05) is 12.1 Å². The molecule has 0 fully saturated rings. The summed E-state index contributed by atoms with van der Waals surface area (Å²) in [7, 11) is 1.69. The van der Waals surface area contributed by atoms with Crippen molar-refractivity contribution in [1.29, 1.82) is 0 Å². The van der Waals surface area contributed by atoms with E-state index in [1.54, 1.807) is 46.4 Å². The third-order valence-corrected chi connectivity index (χ3v) is 5.79. The zero-order valence-corrected chi connectivity index (χ0v) is 19.5. The lowest BCUT2D eigenvalue weighted by Crippen LogP contribution is -2.37. The molecule has 2 aromatic rings. The molecule has 0 saturated carbocycles. The standard InChI is InChI=1S/C22H31N3O5S/c1-16-11-17(7-8-21(16)31(5,26)27)15-25-22(23-2)24-9-6-10-30-20-13-18(28-3)12-19(14-20)29-4/h7-8,11-14H,6,9-10,15H2,1-5H3,(H2,23,24,25). The Morgan fingerprint density at radius 3 is 2.19 bits per heavy atom. The molecule has 0 aliphatic rings. The number of rotatable bonds is 10. The molecule has 0 bridgehead atoms. The maximum absolute atomic E-state index is 11.7. The fourth-order valence-corrected chi connectivity index (χ4v) is 3.94. The van der Waals surface area contributed by atoms with Crippen molar-refractivity contribution in [2.45, 2.75) is 24.8 Å². The number of nitrogens with one attached hydrogen (secondary N) is 2. The molecule has 0 aromatic heterocycles. The van der Waals surface area contributed by atoms with Crippen LogP contribution in [0.2, 0.25) is 0 Å². The molecule has 0 unspecified atom stereocenters. The first-order valence-electron chi connectivity index (χ1n) is 9.86. The molecule has 0 atom stereocenters. The number of guanidine groups is 1. The van der Waals surface area contributed by atoms with Gasteiger partial charge in [-0.15, -0.1) is 0 Å². The number of ether oxygens (including phenoxy) is 3. The molecule has 2 N–H and O–H groups in total. The molecule has 0 aliphatic carbocycles. The highest BCUT2D eigenvalue weighted by atomic mass is 32.2. The summed E-state index contributed by atoms with van der Waals surface area (Å²) in [6.07, 6.45) is 1.98. The summed E-state index contributed by atoms with van der Waals surface area (Å²) in [6, 6.07) is 10.7. The smallest absolute Gasteiger partial charge is 0.191 e. The van der Waals surface area contributed by atoms with Gasteiger partial charge in [0.1, 0.15) is 17.2 Å². The van der Waals surface area contributed by atoms with Gasteiger partial charge >= 0.3 is 0 Å². The van der Waals surface area contributed by atoms with Gasteiger partial charge in [0.15, 0.2) is 15.8 Å². The Kier molecular flexibility index (Phi) is 8.99. The van der Waals surface area contributed by atoms with Crippen molar-refractivity contribution in [3.8, 4) is 17.2 Å². The van der Waals surface area contributed by atoms with Crippen LogP contribution in [0.3, 0.4) is 0 Å². The number of methoxy groups -OCH3 is 2. The van der Waals surface area contributed by atoms with E-state index in [9.17, 15) is 8.42 Å². The lowest BCUT2D eigenvalue weighted by molar-refractivity contribution is 0.305. The minimum absolute atomic E-state index is 0.354.